The molecule has 0 N–H and O–H groups in total. The first-order valence-corrected chi connectivity index (χ1v) is 6.04. The molecule has 0 amide bonds. The number of hydrogen-bond donors (Lipinski definition) is 0. The van der Waals surface area contributed by atoms with Crippen LogP contribution >= 0.6 is 0 Å². The van der Waals surface area contributed by atoms with Gasteiger partial charge in [0.1, 0.15) is 0 Å². The third kappa shape index (κ3) is 12.3. The van der Waals surface area contributed by atoms with Crippen LogP contribution in [0.3, 0.4) is 0 Å². The van der Waals surface area contributed by atoms with Gasteiger partial charge in [0.15, 0.2) is 5.76 Å². The molecule has 1 heterocycles. The third-order valence-electron chi connectivity index (χ3n) is 1.41. The molecule has 1 aromatic carbocycles. The van der Waals surface area contributed by atoms with Gasteiger partial charge in [-0.05, 0) is 13.8 Å². The summed E-state index contributed by atoms with van der Waals surface area (Å²) in [6.45, 7) is 11.9. The summed E-state index contributed by atoms with van der Waals surface area (Å²) in [4.78, 5) is 0. The van der Waals surface area contributed by atoms with Crippen LogP contribution in [-0.2, 0) is 0 Å². The minimum absolute atomic E-state index is 0.745. The minimum Gasteiger partial charge on any atom is -0.342 e. The predicted molar refractivity (Wildman–Crippen MR) is 72.9 cm³/mol. The van der Waals surface area contributed by atoms with Gasteiger partial charge in [-0.25, -0.2) is 0 Å². The summed E-state index contributed by atoms with van der Waals surface area (Å²) in [7, 11) is 0. The molecule has 0 fully saturated rings. The third-order valence-corrected chi connectivity index (χ3v) is 1.41. The Bertz CT molecular complexity index is 317. The van der Waals surface area contributed by atoms with Gasteiger partial charge in [0.05, 0.1) is 6.20 Å². The van der Waals surface area contributed by atoms with Crippen LogP contribution in [-0.4, -0.2) is 10.4 Å². The van der Waals surface area contributed by atoms with Crippen molar-refractivity contribution in [3.8, 4) is 0 Å². The lowest BCUT2D eigenvalue weighted by Crippen LogP contribution is -1.62. The van der Waals surface area contributed by atoms with E-state index in [1.807, 2.05) is 45.9 Å². The SMILES string of the molecule is CC.CC.Cc1ccccc1.Cc1cnno1. The number of aryl methyl sites for hydroxylation is 2. The molecule has 3 heteroatoms. The normalized spacial score (nSPS) is 7.41. The lowest BCUT2D eigenvalue weighted by atomic mass is 10.2. The van der Waals surface area contributed by atoms with Crippen LogP contribution < -0.4 is 0 Å². The van der Waals surface area contributed by atoms with Gasteiger partial charge in [0.25, 0.3) is 0 Å². The van der Waals surface area contributed by atoms with Crippen LogP contribution in [0.2, 0.25) is 0 Å². The summed E-state index contributed by atoms with van der Waals surface area (Å²) in [5, 5.41) is 6.60. The Hall–Kier alpha value is -1.64. The number of aromatic nitrogens is 2. The van der Waals surface area contributed by atoms with Crippen LogP contribution in [0.25, 0.3) is 0 Å². The maximum atomic E-state index is 4.47. The van der Waals surface area contributed by atoms with Crippen molar-refractivity contribution >= 4 is 0 Å². The van der Waals surface area contributed by atoms with Gasteiger partial charge < -0.3 is 4.52 Å². The molecule has 17 heavy (non-hydrogen) atoms. The topological polar surface area (TPSA) is 38.9 Å². The van der Waals surface area contributed by atoms with Crippen LogP contribution in [0.15, 0.2) is 41.1 Å². The average molecular weight is 236 g/mol. The summed E-state index contributed by atoms with van der Waals surface area (Å²) in [5.41, 5.74) is 1.32. The first-order chi connectivity index (χ1) is 8.29. The van der Waals surface area contributed by atoms with Gasteiger partial charge in [0.2, 0.25) is 0 Å². The van der Waals surface area contributed by atoms with Gasteiger partial charge in [0, 0.05) is 5.27 Å². The van der Waals surface area contributed by atoms with Crippen molar-refractivity contribution < 1.29 is 4.52 Å². The number of nitrogens with zero attached hydrogens (tertiary/aromatic N) is 2. The highest BCUT2D eigenvalue weighted by molar-refractivity contribution is 5.11. The zero-order chi connectivity index (χ0) is 13.5. The van der Waals surface area contributed by atoms with E-state index < -0.39 is 0 Å². The number of hydrogen-bond acceptors (Lipinski definition) is 3. The van der Waals surface area contributed by atoms with E-state index in [0.717, 1.165) is 5.76 Å². The Balaban J connectivity index is 0. The fraction of sp³-hybridized carbons (Fsp3) is 0.429. The molecule has 1 aromatic heterocycles. The van der Waals surface area contributed by atoms with E-state index in [1.165, 1.54) is 5.56 Å². The van der Waals surface area contributed by atoms with Gasteiger partial charge in [-0.3, -0.25) is 0 Å². The molecule has 96 valence electrons. The molecule has 0 bridgehead atoms. The second kappa shape index (κ2) is 14.4. The quantitative estimate of drug-likeness (QED) is 0.679. The van der Waals surface area contributed by atoms with E-state index in [1.54, 1.807) is 13.1 Å². The zero-order valence-corrected chi connectivity index (χ0v) is 11.8. The molecule has 0 unspecified atom stereocenters. The van der Waals surface area contributed by atoms with Crippen molar-refractivity contribution in [2.75, 3.05) is 0 Å². The maximum absolute atomic E-state index is 4.47. The molecule has 0 atom stereocenters. The number of rotatable bonds is 0. The number of benzene rings is 1. The lowest BCUT2D eigenvalue weighted by Gasteiger charge is -1.82. The average Bonchev–Trinajstić information content (AvgIpc) is 2.87. The molecule has 2 rings (SSSR count). The van der Waals surface area contributed by atoms with Crippen LogP contribution in [0, 0.1) is 13.8 Å². The highest BCUT2D eigenvalue weighted by Gasteiger charge is 1.79. The van der Waals surface area contributed by atoms with E-state index >= 15 is 0 Å². The molecule has 3 nitrogen and oxygen atoms in total. The first kappa shape index (κ1) is 17.7. The van der Waals surface area contributed by atoms with Gasteiger partial charge in [-0.2, -0.15) is 0 Å². The van der Waals surface area contributed by atoms with Crippen molar-refractivity contribution in [3.63, 3.8) is 0 Å². The summed E-state index contributed by atoms with van der Waals surface area (Å²) in [6, 6.07) is 10.3. The summed E-state index contributed by atoms with van der Waals surface area (Å²) in [5.74, 6) is 0.745. The van der Waals surface area contributed by atoms with Crippen molar-refractivity contribution in [3.05, 3.63) is 47.9 Å². The van der Waals surface area contributed by atoms with Gasteiger partial charge in [-0.15, -0.1) is 5.10 Å². The van der Waals surface area contributed by atoms with Crippen molar-refractivity contribution in [2.45, 2.75) is 41.5 Å². The second-order valence-corrected chi connectivity index (χ2v) is 2.68. The fourth-order valence-electron chi connectivity index (χ4n) is 0.751. The summed E-state index contributed by atoms with van der Waals surface area (Å²) in [6.07, 6.45) is 1.56. The van der Waals surface area contributed by atoms with Crippen LogP contribution in [0.5, 0.6) is 0 Å². The molecule has 0 radical (unpaired) electrons. The maximum Gasteiger partial charge on any atom is 0.154 e. The van der Waals surface area contributed by atoms with E-state index in [0.29, 0.717) is 0 Å². The van der Waals surface area contributed by atoms with E-state index in [-0.39, 0.29) is 0 Å². The van der Waals surface area contributed by atoms with Gasteiger partial charge >= 0.3 is 0 Å². The molecule has 0 saturated carbocycles. The monoisotopic (exact) mass is 236 g/mol. The Morgan fingerprint density at radius 3 is 1.59 bits per heavy atom. The fourth-order valence-corrected chi connectivity index (χ4v) is 0.751. The Labute approximate surface area is 105 Å². The highest BCUT2D eigenvalue weighted by Crippen LogP contribution is 1.92. The molecular weight excluding hydrogens is 212 g/mol. The molecule has 0 saturated heterocycles. The largest absolute Gasteiger partial charge is 0.342 e. The second-order valence-electron chi connectivity index (χ2n) is 2.68. The molecular formula is C14H24N2O. The highest BCUT2D eigenvalue weighted by atomic mass is 16.5. The Morgan fingerprint density at radius 2 is 1.41 bits per heavy atom. The summed E-state index contributed by atoms with van der Waals surface area (Å²) >= 11 is 0. The Morgan fingerprint density at radius 1 is 0.882 bits per heavy atom. The van der Waals surface area contributed by atoms with Gasteiger partial charge in [-0.1, -0.05) is 63.6 Å². The standard InChI is InChI=1S/C7H8.C3H4N2O.2C2H6/c1-7-5-3-2-4-6-7;1-3-2-4-5-6-3;2*1-2/h2-6H,1H3;2H,1H3;2*1-2H3. The van der Waals surface area contributed by atoms with E-state index in [4.69, 9.17) is 0 Å². The zero-order valence-electron chi connectivity index (χ0n) is 11.8. The van der Waals surface area contributed by atoms with Crippen molar-refractivity contribution in [1.82, 2.24) is 10.4 Å². The Kier molecular flexibility index (Phi) is 15.0. The van der Waals surface area contributed by atoms with E-state index in [2.05, 4.69) is 33.9 Å². The predicted octanol–water partition coefficient (Wildman–Crippen LogP) is 4.43. The molecule has 0 aliphatic carbocycles. The van der Waals surface area contributed by atoms with E-state index in [9.17, 15) is 0 Å². The van der Waals surface area contributed by atoms with Crippen molar-refractivity contribution in [2.24, 2.45) is 0 Å². The molecule has 0 aliphatic heterocycles. The van der Waals surface area contributed by atoms with Crippen LogP contribution in [0.4, 0.5) is 0 Å². The van der Waals surface area contributed by atoms with Crippen LogP contribution in [0.1, 0.15) is 39.0 Å². The molecule has 0 spiro atoms. The summed E-state index contributed by atoms with van der Waals surface area (Å²) < 4.78 is 4.47. The lowest BCUT2D eigenvalue weighted by molar-refractivity contribution is 0.374. The first-order valence-electron chi connectivity index (χ1n) is 6.04. The van der Waals surface area contributed by atoms with Crippen molar-refractivity contribution in [1.29, 1.82) is 0 Å². The molecule has 2 aromatic rings. The minimum atomic E-state index is 0.745. The smallest absolute Gasteiger partial charge is 0.154 e. The molecule has 0 aliphatic rings.